The maximum absolute atomic E-state index is 12.4. The van der Waals surface area contributed by atoms with Gasteiger partial charge in [0.2, 0.25) is 0 Å². The molecule has 0 spiro atoms. The van der Waals surface area contributed by atoms with E-state index in [1.54, 1.807) is 0 Å². The summed E-state index contributed by atoms with van der Waals surface area (Å²) in [7, 11) is 1.90. The molecule has 0 aliphatic carbocycles. The lowest BCUT2D eigenvalue weighted by Gasteiger charge is -2.19. The molecule has 1 fully saturated rings. The Balaban J connectivity index is 1.66. The van der Waals surface area contributed by atoms with Crippen molar-refractivity contribution in [1.29, 1.82) is 0 Å². The summed E-state index contributed by atoms with van der Waals surface area (Å²) >= 11 is 0. The van der Waals surface area contributed by atoms with Crippen LogP contribution in [0.4, 0.5) is 0 Å². The number of carbonyl (C=O) groups excluding carboxylic acids is 1. The highest BCUT2D eigenvalue weighted by atomic mass is 16.5. The molecule has 0 radical (unpaired) electrons. The second kappa shape index (κ2) is 13.3. The van der Waals surface area contributed by atoms with E-state index in [0.29, 0.717) is 30.6 Å². The van der Waals surface area contributed by atoms with Crippen LogP contribution in [0.2, 0.25) is 0 Å². The zero-order chi connectivity index (χ0) is 26.1. The third-order valence-corrected chi connectivity index (χ3v) is 6.68. The van der Waals surface area contributed by atoms with Gasteiger partial charge in [0, 0.05) is 31.6 Å². The van der Waals surface area contributed by atoms with Crippen LogP contribution in [-0.2, 0) is 11.8 Å². The Labute approximate surface area is 216 Å². The molecule has 0 aromatic carbocycles. The van der Waals surface area contributed by atoms with Crippen LogP contribution in [0.25, 0.3) is 0 Å². The average molecular weight is 491 g/mol. The molecule has 2 aliphatic rings. The average Bonchev–Trinajstić information content (AvgIpc) is 3.46. The minimum Gasteiger partial charge on any atom is -0.376 e. The molecule has 0 saturated carbocycles. The first-order valence-corrected chi connectivity index (χ1v) is 13.1. The van der Waals surface area contributed by atoms with Gasteiger partial charge in [0.25, 0.3) is 5.91 Å². The van der Waals surface area contributed by atoms with Gasteiger partial charge in [-0.2, -0.15) is 0 Å². The highest BCUT2D eigenvalue weighted by Gasteiger charge is 2.24. The molecule has 1 amide bonds. The SMILES string of the molecule is C=C/C(=C\C(=C/CC)C1CC[C@H](C)O[C@H](C)C1)C1=CCC(N/C(=C/C)CNC(=O)c2ccn(C)c2)=N1. The minimum atomic E-state index is -0.0938. The van der Waals surface area contributed by atoms with E-state index in [-0.39, 0.29) is 12.0 Å². The summed E-state index contributed by atoms with van der Waals surface area (Å²) in [5, 5.41) is 6.36. The lowest BCUT2D eigenvalue weighted by Crippen LogP contribution is -2.32. The zero-order valence-electron chi connectivity index (χ0n) is 22.5. The molecule has 36 heavy (non-hydrogen) atoms. The predicted octanol–water partition coefficient (Wildman–Crippen LogP) is 5.98. The number of amidine groups is 1. The van der Waals surface area contributed by atoms with Crippen molar-refractivity contribution in [3.05, 3.63) is 83.5 Å². The number of hydrogen-bond donors (Lipinski definition) is 2. The number of amides is 1. The normalized spacial score (nSPS) is 23.6. The van der Waals surface area contributed by atoms with Crippen molar-refractivity contribution < 1.29 is 9.53 Å². The number of nitrogens with zero attached hydrogens (tertiary/aromatic N) is 2. The summed E-state index contributed by atoms with van der Waals surface area (Å²) in [4.78, 5) is 17.2. The monoisotopic (exact) mass is 490 g/mol. The van der Waals surface area contributed by atoms with Crippen LogP contribution in [0.1, 0.15) is 70.2 Å². The first kappa shape index (κ1) is 27.5. The van der Waals surface area contributed by atoms with Crippen molar-refractivity contribution in [2.24, 2.45) is 18.0 Å². The highest BCUT2D eigenvalue weighted by molar-refractivity contribution is 5.94. The number of hydrogen-bond acceptors (Lipinski definition) is 4. The Morgan fingerprint density at radius 3 is 2.78 bits per heavy atom. The Morgan fingerprint density at radius 2 is 2.11 bits per heavy atom. The first-order chi connectivity index (χ1) is 17.3. The van der Waals surface area contributed by atoms with Gasteiger partial charge in [-0.3, -0.25) is 4.79 Å². The maximum atomic E-state index is 12.4. The molecule has 6 heteroatoms. The molecule has 1 aromatic heterocycles. The van der Waals surface area contributed by atoms with Crippen molar-refractivity contribution in [3.8, 4) is 0 Å². The van der Waals surface area contributed by atoms with Gasteiger partial charge >= 0.3 is 0 Å². The zero-order valence-corrected chi connectivity index (χ0v) is 22.5. The molecule has 1 unspecified atom stereocenters. The van der Waals surface area contributed by atoms with E-state index in [4.69, 9.17) is 9.73 Å². The number of ether oxygens (including phenoxy) is 1. The maximum Gasteiger partial charge on any atom is 0.253 e. The largest absolute Gasteiger partial charge is 0.376 e. The van der Waals surface area contributed by atoms with Crippen LogP contribution < -0.4 is 10.6 Å². The second-order valence-corrected chi connectivity index (χ2v) is 9.72. The van der Waals surface area contributed by atoms with E-state index >= 15 is 0 Å². The number of rotatable bonds is 9. The summed E-state index contributed by atoms with van der Waals surface area (Å²) in [6.07, 6.45) is 19.8. The molecule has 1 aromatic rings. The molecule has 6 nitrogen and oxygen atoms in total. The first-order valence-electron chi connectivity index (χ1n) is 13.1. The second-order valence-electron chi connectivity index (χ2n) is 9.72. The fourth-order valence-corrected chi connectivity index (χ4v) is 4.78. The van der Waals surface area contributed by atoms with E-state index in [1.165, 1.54) is 5.57 Å². The van der Waals surface area contributed by atoms with Gasteiger partial charge in [-0.25, -0.2) is 4.99 Å². The van der Waals surface area contributed by atoms with Crippen LogP contribution in [0, 0.1) is 5.92 Å². The van der Waals surface area contributed by atoms with Gasteiger partial charge in [-0.15, -0.1) is 0 Å². The van der Waals surface area contributed by atoms with Crippen molar-refractivity contribution in [3.63, 3.8) is 0 Å². The molecule has 0 bridgehead atoms. The third-order valence-electron chi connectivity index (χ3n) is 6.68. The smallest absolute Gasteiger partial charge is 0.253 e. The lowest BCUT2D eigenvalue weighted by molar-refractivity contribution is 0.0116. The number of aryl methyl sites for hydroxylation is 1. The van der Waals surface area contributed by atoms with E-state index in [1.807, 2.05) is 49.2 Å². The van der Waals surface area contributed by atoms with Crippen molar-refractivity contribution in [2.75, 3.05) is 6.54 Å². The number of carbonyl (C=O) groups is 1. The van der Waals surface area contributed by atoms with Crippen LogP contribution in [0.15, 0.2) is 83.0 Å². The van der Waals surface area contributed by atoms with Gasteiger partial charge in [0.15, 0.2) is 0 Å². The number of nitrogens with one attached hydrogen (secondary N) is 2. The van der Waals surface area contributed by atoms with Gasteiger partial charge in [-0.1, -0.05) is 37.8 Å². The van der Waals surface area contributed by atoms with Crippen molar-refractivity contribution in [1.82, 2.24) is 15.2 Å². The highest BCUT2D eigenvalue weighted by Crippen LogP contribution is 2.32. The molecular weight excluding hydrogens is 448 g/mol. The number of aromatic nitrogens is 1. The van der Waals surface area contributed by atoms with E-state index in [2.05, 4.69) is 56.2 Å². The fourth-order valence-electron chi connectivity index (χ4n) is 4.78. The molecule has 3 rings (SSSR count). The number of aliphatic imine (C=N–C) groups is 1. The van der Waals surface area contributed by atoms with Gasteiger partial charge in [-0.05, 0) is 75.7 Å². The Bertz CT molecular complexity index is 1090. The van der Waals surface area contributed by atoms with Crippen molar-refractivity contribution in [2.45, 2.75) is 72.0 Å². The Hall–Kier alpha value is -3.12. The van der Waals surface area contributed by atoms with Crippen molar-refractivity contribution >= 4 is 11.7 Å². The quantitative estimate of drug-likeness (QED) is 0.419. The number of allylic oxidation sites excluding steroid dienone is 5. The summed E-state index contributed by atoms with van der Waals surface area (Å²) in [6.45, 7) is 13.0. The molecule has 3 heterocycles. The van der Waals surface area contributed by atoms with Gasteiger partial charge < -0.3 is 19.9 Å². The fraction of sp³-hybridized carbons (Fsp3) is 0.467. The molecule has 2 N–H and O–H groups in total. The topological polar surface area (TPSA) is 67.7 Å². The molecule has 1 saturated heterocycles. The summed E-state index contributed by atoms with van der Waals surface area (Å²) in [5.41, 5.74) is 4.88. The van der Waals surface area contributed by atoms with Gasteiger partial charge in [0.1, 0.15) is 5.84 Å². The third kappa shape index (κ3) is 7.69. The molecule has 3 atom stereocenters. The minimum absolute atomic E-state index is 0.0938. The molecule has 2 aliphatic heterocycles. The standard InChI is InChI=1S/C30H42N4O2/c1-7-10-24(25-12-11-21(4)36-22(5)17-25)18-23(8-2)28-13-14-29(33-28)32-27(9-3)19-31-30(35)26-15-16-34(6)20-26/h8-10,13,15-16,18,20-22,25H,2,7,11-12,14,17,19H2,1,3-6H3,(H,31,35)(H,32,33)/b23-18+,24-10+,27-9+/t21-,22+,25?/m0/s1. The lowest BCUT2D eigenvalue weighted by atomic mass is 9.87. The van der Waals surface area contributed by atoms with E-state index < -0.39 is 0 Å². The van der Waals surface area contributed by atoms with Crippen LogP contribution >= 0.6 is 0 Å². The predicted molar refractivity (Wildman–Crippen MR) is 149 cm³/mol. The summed E-state index contributed by atoms with van der Waals surface area (Å²) in [5.74, 6) is 1.25. The summed E-state index contributed by atoms with van der Waals surface area (Å²) < 4.78 is 7.94. The van der Waals surface area contributed by atoms with E-state index in [9.17, 15) is 4.79 Å². The van der Waals surface area contributed by atoms with E-state index in [0.717, 1.165) is 48.5 Å². The van der Waals surface area contributed by atoms with Gasteiger partial charge in [0.05, 0.1) is 30.0 Å². The van der Waals surface area contributed by atoms with Crippen LogP contribution in [0.5, 0.6) is 0 Å². The van der Waals surface area contributed by atoms with Crippen LogP contribution in [0.3, 0.4) is 0 Å². The molecular formula is C30H42N4O2. The Kier molecular flexibility index (Phi) is 10.1. The summed E-state index contributed by atoms with van der Waals surface area (Å²) in [6, 6.07) is 1.81. The Morgan fingerprint density at radius 1 is 1.31 bits per heavy atom. The van der Waals surface area contributed by atoms with Crippen LogP contribution in [-0.4, -0.2) is 35.1 Å². The molecule has 194 valence electrons.